The van der Waals surface area contributed by atoms with Gasteiger partial charge in [0, 0.05) is 17.1 Å². The molecule has 0 aliphatic carbocycles. The molecule has 1 aromatic carbocycles. The average molecular weight is 321 g/mol. The van der Waals surface area contributed by atoms with Gasteiger partial charge in [0.25, 0.3) is 5.91 Å². The van der Waals surface area contributed by atoms with Crippen molar-refractivity contribution in [1.29, 1.82) is 0 Å². The number of thiocarbonyl (C=S) groups is 1. The number of nitrogens with zero attached hydrogens (tertiary/aromatic N) is 1. The van der Waals surface area contributed by atoms with E-state index in [9.17, 15) is 4.79 Å². The maximum atomic E-state index is 12.1. The molecular weight excluding hydrogens is 310 g/mol. The van der Waals surface area contributed by atoms with Crippen LogP contribution in [0, 0.1) is 0 Å². The number of fused-ring (bicyclic) bond motifs is 1. The molecule has 0 spiro atoms. The van der Waals surface area contributed by atoms with Crippen LogP contribution in [0.25, 0.3) is 0 Å². The minimum Gasteiger partial charge on any atom is -0.486 e. The van der Waals surface area contributed by atoms with Crippen LogP contribution in [0.1, 0.15) is 10.4 Å². The number of thiazole rings is 1. The molecule has 6 nitrogen and oxygen atoms in total. The first kappa shape index (κ1) is 13.8. The SMILES string of the molecule is O=C(NC(=S)Nc1nccs1)c1ccc2c(c1)OCCO2. The molecule has 1 amide bonds. The number of ether oxygens (including phenoxy) is 2. The maximum Gasteiger partial charge on any atom is 0.257 e. The van der Waals surface area contributed by atoms with Gasteiger partial charge in [-0.05, 0) is 30.4 Å². The number of amides is 1. The van der Waals surface area contributed by atoms with Gasteiger partial charge in [0.05, 0.1) is 0 Å². The molecule has 0 unspecified atom stereocenters. The molecule has 0 fully saturated rings. The lowest BCUT2D eigenvalue weighted by Crippen LogP contribution is -2.34. The molecule has 0 atom stereocenters. The van der Waals surface area contributed by atoms with E-state index in [1.807, 2.05) is 5.38 Å². The van der Waals surface area contributed by atoms with Gasteiger partial charge < -0.3 is 14.8 Å². The van der Waals surface area contributed by atoms with Gasteiger partial charge in [-0.2, -0.15) is 0 Å². The van der Waals surface area contributed by atoms with Gasteiger partial charge in [0.2, 0.25) is 0 Å². The molecular formula is C13H11N3O3S2. The zero-order valence-corrected chi connectivity index (χ0v) is 12.4. The van der Waals surface area contributed by atoms with Crippen LogP contribution in [0.2, 0.25) is 0 Å². The van der Waals surface area contributed by atoms with Crippen LogP contribution in [0.5, 0.6) is 11.5 Å². The largest absolute Gasteiger partial charge is 0.486 e. The molecule has 8 heteroatoms. The molecule has 2 heterocycles. The molecule has 3 rings (SSSR count). The minimum atomic E-state index is -0.318. The summed E-state index contributed by atoms with van der Waals surface area (Å²) < 4.78 is 10.9. The molecule has 0 bridgehead atoms. The highest BCUT2D eigenvalue weighted by Crippen LogP contribution is 2.30. The highest BCUT2D eigenvalue weighted by molar-refractivity contribution is 7.80. The van der Waals surface area contributed by atoms with Crippen LogP contribution in [0.15, 0.2) is 29.8 Å². The van der Waals surface area contributed by atoms with Crippen molar-refractivity contribution in [3.63, 3.8) is 0 Å². The van der Waals surface area contributed by atoms with Gasteiger partial charge in [-0.15, -0.1) is 11.3 Å². The van der Waals surface area contributed by atoms with E-state index >= 15 is 0 Å². The van der Waals surface area contributed by atoms with E-state index in [-0.39, 0.29) is 11.0 Å². The summed E-state index contributed by atoms with van der Waals surface area (Å²) >= 11 is 6.46. The van der Waals surface area contributed by atoms with E-state index in [0.717, 1.165) is 0 Å². The van der Waals surface area contributed by atoms with Gasteiger partial charge in [-0.3, -0.25) is 10.1 Å². The standard InChI is InChI=1S/C13H11N3O3S2/c17-11(15-12(20)16-13-14-3-6-21-13)8-1-2-9-10(7-8)19-5-4-18-9/h1-3,6-7H,4-5H2,(H2,14,15,16,17,20). The quantitative estimate of drug-likeness (QED) is 0.825. The summed E-state index contributed by atoms with van der Waals surface area (Å²) in [5, 5.41) is 8.07. The number of nitrogens with one attached hydrogen (secondary N) is 2. The van der Waals surface area contributed by atoms with E-state index in [0.29, 0.717) is 35.4 Å². The molecule has 2 aromatic rings. The number of carbonyl (C=O) groups excluding carboxylic acids is 1. The number of benzene rings is 1. The van der Waals surface area contributed by atoms with Crippen LogP contribution < -0.4 is 20.1 Å². The van der Waals surface area contributed by atoms with Crippen molar-refractivity contribution in [3.8, 4) is 11.5 Å². The first-order valence-electron chi connectivity index (χ1n) is 6.14. The Morgan fingerprint density at radius 2 is 2.10 bits per heavy atom. The van der Waals surface area contributed by atoms with Crippen LogP contribution in [0.4, 0.5) is 5.13 Å². The molecule has 21 heavy (non-hydrogen) atoms. The third-order valence-electron chi connectivity index (χ3n) is 2.68. The summed E-state index contributed by atoms with van der Waals surface area (Å²) in [6.45, 7) is 0.989. The summed E-state index contributed by atoms with van der Waals surface area (Å²) in [6, 6.07) is 5.01. The molecule has 108 valence electrons. The van der Waals surface area contributed by atoms with Crippen molar-refractivity contribution < 1.29 is 14.3 Å². The number of carbonyl (C=O) groups is 1. The van der Waals surface area contributed by atoms with Crippen molar-refractivity contribution in [3.05, 3.63) is 35.3 Å². The zero-order chi connectivity index (χ0) is 14.7. The summed E-state index contributed by atoms with van der Waals surface area (Å²) in [4.78, 5) is 16.1. The average Bonchev–Trinajstić information content (AvgIpc) is 2.99. The second-order valence-electron chi connectivity index (χ2n) is 4.10. The first-order valence-corrected chi connectivity index (χ1v) is 7.42. The maximum absolute atomic E-state index is 12.1. The van der Waals surface area contributed by atoms with Crippen molar-refractivity contribution >= 4 is 39.7 Å². The molecule has 1 aromatic heterocycles. The van der Waals surface area contributed by atoms with Crippen molar-refractivity contribution in [2.24, 2.45) is 0 Å². The number of hydrogen-bond acceptors (Lipinski definition) is 6. The second-order valence-corrected chi connectivity index (χ2v) is 5.41. The van der Waals surface area contributed by atoms with Crippen molar-refractivity contribution in [2.45, 2.75) is 0 Å². The zero-order valence-electron chi connectivity index (χ0n) is 10.8. The molecule has 0 saturated carbocycles. The lowest BCUT2D eigenvalue weighted by Gasteiger charge is -2.18. The lowest BCUT2D eigenvalue weighted by molar-refractivity contribution is 0.0976. The van der Waals surface area contributed by atoms with Crippen LogP contribution in [-0.4, -0.2) is 29.2 Å². The van der Waals surface area contributed by atoms with Gasteiger partial charge in [-0.25, -0.2) is 4.98 Å². The van der Waals surface area contributed by atoms with E-state index in [1.165, 1.54) is 11.3 Å². The molecule has 0 saturated heterocycles. The Labute approximate surface area is 130 Å². The Kier molecular flexibility index (Phi) is 3.98. The number of anilines is 1. The van der Waals surface area contributed by atoms with E-state index in [2.05, 4.69) is 15.6 Å². The van der Waals surface area contributed by atoms with Gasteiger partial charge in [0.15, 0.2) is 21.7 Å². The Morgan fingerprint density at radius 3 is 2.86 bits per heavy atom. The third-order valence-corrected chi connectivity index (χ3v) is 3.58. The molecule has 0 radical (unpaired) electrons. The monoisotopic (exact) mass is 321 g/mol. The lowest BCUT2D eigenvalue weighted by atomic mass is 10.2. The number of hydrogen-bond donors (Lipinski definition) is 2. The smallest absolute Gasteiger partial charge is 0.257 e. The predicted molar refractivity (Wildman–Crippen MR) is 83.2 cm³/mol. The summed E-state index contributed by atoms with van der Waals surface area (Å²) in [7, 11) is 0. The van der Waals surface area contributed by atoms with Crippen LogP contribution >= 0.6 is 23.6 Å². The number of aromatic nitrogens is 1. The van der Waals surface area contributed by atoms with Crippen molar-refractivity contribution in [1.82, 2.24) is 10.3 Å². The van der Waals surface area contributed by atoms with Crippen LogP contribution in [-0.2, 0) is 0 Å². The Bertz CT molecular complexity index is 673. The predicted octanol–water partition coefficient (Wildman–Crippen LogP) is 2.04. The van der Waals surface area contributed by atoms with Gasteiger partial charge >= 0.3 is 0 Å². The van der Waals surface area contributed by atoms with E-state index in [1.54, 1.807) is 24.4 Å². The van der Waals surface area contributed by atoms with Gasteiger partial charge in [-0.1, -0.05) is 0 Å². The van der Waals surface area contributed by atoms with Crippen molar-refractivity contribution in [2.75, 3.05) is 18.5 Å². The Hall–Kier alpha value is -2.19. The topological polar surface area (TPSA) is 72.5 Å². The number of rotatable bonds is 2. The third kappa shape index (κ3) is 3.29. The van der Waals surface area contributed by atoms with E-state index in [4.69, 9.17) is 21.7 Å². The summed E-state index contributed by atoms with van der Waals surface area (Å²) in [5.41, 5.74) is 0.447. The Morgan fingerprint density at radius 1 is 1.29 bits per heavy atom. The minimum absolute atomic E-state index is 0.199. The fourth-order valence-corrected chi connectivity index (χ4v) is 2.56. The Balaban J connectivity index is 1.66. The fraction of sp³-hybridized carbons (Fsp3) is 0.154. The summed E-state index contributed by atoms with van der Waals surface area (Å²) in [6.07, 6.45) is 1.65. The first-order chi connectivity index (χ1) is 10.2. The molecule has 1 aliphatic rings. The highest BCUT2D eigenvalue weighted by atomic mass is 32.1. The van der Waals surface area contributed by atoms with Gasteiger partial charge in [0.1, 0.15) is 13.2 Å². The van der Waals surface area contributed by atoms with Crippen LogP contribution in [0.3, 0.4) is 0 Å². The van der Waals surface area contributed by atoms with E-state index < -0.39 is 0 Å². The highest BCUT2D eigenvalue weighted by Gasteiger charge is 2.15. The normalized spacial score (nSPS) is 12.6. The summed E-state index contributed by atoms with van der Waals surface area (Å²) in [5.74, 6) is 0.884. The fourth-order valence-electron chi connectivity index (χ4n) is 1.77. The second kappa shape index (κ2) is 6.06. The molecule has 1 aliphatic heterocycles. The molecule has 2 N–H and O–H groups in total.